The summed E-state index contributed by atoms with van der Waals surface area (Å²) in [6, 6.07) is 13.0. The minimum absolute atomic E-state index is 0.168. The number of aromatic nitrogens is 4. The highest BCUT2D eigenvalue weighted by Crippen LogP contribution is 2.22. The number of hydrogen-bond acceptors (Lipinski definition) is 6. The van der Waals surface area contributed by atoms with Crippen LogP contribution in [0.5, 0.6) is 0 Å². The predicted molar refractivity (Wildman–Crippen MR) is 145 cm³/mol. The molecule has 0 amide bonds. The zero-order chi connectivity index (χ0) is 27.2. The van der Waals surface area contributed by atoms with E-state index < -0.39 is 11.6 Å². The van der Waals surface area contributed by atoms with Crippen LogP contribution in [0.2, 0.25) is 0 Å². The molecule has 0 aliphatic heterocycles. The second-order valence-corrected chi connectivity index (χ2v) is 9.36. The van der Waals surface area contributed by atoms with Crippen LogP contribution >= 0.6 is 0 Å². The Balaban J connectivity index is 1.49. The number of nitrogens with one attached hydrogen (secondary N) is 1. The third-order valence-corrected chi connectivity index (χ3v) is 6.01. The van der Waals surface area contributed by atoms with Crippen LogP contribution in [0.3, 0.4) is 0 Å². The normalized spacial score (nSPS) is 11.1. The molecule has 1 N–H and O–H groups in total. The lowest BCUT2D eigenvalue weighted by molar-refractivity contribution is 0.399. The molecule has 0 saturated heterocycles. The van der Waals surface area contributed by atoms with Gasteiger partial charge < -0.3 is 10.2 Å². The fourth-order valence-corrected chi connectivity index (χ4v) is 3.94. The standard InChI is InChI=1S/C29H30F2N6O/c1-19-13-23(15-25(30)28(19)31)26-9-10-27(38)37(35-26)18-21-7-5-8-22(14-21)29-33-16-24(17-34-29)20(2)32-11-6-12-36(3)4/h5,7-10,13-17,32H,2,6,11-12,18H2,1,3-4H3. The number of aryl methyl sites for hydroxylation is 1. The molecule has 0 bridgehead atoms. The molecule has 2 heterocycles. The molecule has 0 saturated carbocycles. The molecule has 2 aromatic carbocycles. The van der Waals surface area contributed by atoms with Crippen molar-refractivity contribution in [3.8, 4) is 22.6 Å². The van der Waals surface area contributed by atoms with Crippen LogP contribution in [-0.4, -0.2) is 51.8 Å². The van der Waals surface area contributed by atoms with Crippen LogP contribution in [0, 0.1) is 18.6 Å². The zero-order valence-corrected chi connectivity index (χ0v) is 21.7. The van der Waals surface area contributed by atoms with Crippen molar-refractivity contribution in [2.45, 2.75) is 19.9 Å². The predicted octanol–water partition coefficient (Wildman–Crippen LogP) is 4.51. The van der Waals surface area contributed by atoms with Gasteiger partial charge in [-0.25, -0.2) is 23.4 Å². The Bertz CT molecular complexity index is 1470. The fourth-order valence-electron chi connectivity index (χ4n) is 3.94. The Kier molecular flexibility index (Phi) is 8.38. The number of nitrogens with zero attached hydrogens (tertiary/aromatic N) is 5. The zero-order valence-electron chi connectivity index (χ0n) is 21.7. The van der Waals surface area contributed by atoms with Crippen molar-refractivity contribution in [1.82, 2.24) is 30.0 Å². The maximum atomic E-state index is 13.9. The van der Waals surface area contributed by atoms with Crippen molar-refractivity contribution >= 4 is 5.70 Å². The Labute approximate surface area is 220 Å². The Morgan fingerprint density at radius 3 is 2.53 bits per heavy atom. The van der Waals surface area contributed by atoms with E-state index in [0.29, 0.717) is 17.1 Å². The van der Waals surface area contributed by atoms with E-state index in [9.17, 15) is 13.6 Å². The van der Waals surface area contributed by atoms with Crippen molar-refractivity contribution in [1.29, 1.82) is 0 Å². The van der Waals surface area contributed by atoms with Gasteiger partial charge in [0.15, 0.2) is 17.5 Å². The van der Waals surface area contributed by atoms with Gasteiger partial charge in [0.25, 0.3) is 5.56 Å². The molecule has 0 atom stereocenters. The van der Waals surface area contributed by atoms with E-state index in [2.05, 4.69) is 31.9 Å². The average molecular weight is 517 g/mol. The highest BCUT2D eigenvalue weighted by molar-refractivity contribution is 5.62. The Morgan fingerprint density at radius 1 is 1.05 bits per heavy atom. The molecule has 0 spiro atoms. The van der Waals surface area contributed by atoms with Gasteiger partial charge in [0, 0.05) is 47.4 Å². The molecule has 38 heavy (non-hydrogen) atoms. The summed E-state index contributed by atoms with van der Waals surface area (Å²) in [7, 11) is 4.08. The molecule has 2 aromatic heterocycles. The molecule has 9 heteroatoms. The summed E-state index contributed by atoms with van der Waals surface area (Å²) in [5, 5.41) is 7.69. The first-order valence-electron chi connectivity index (χ1n) is 12.2. The largest absolute Gasteiger partial charge is 0.385 e. The first-order valence-corrected chi connectivity index (χ1v) is 12.2. The minimum atomic E-state index is -0.957. The molecule has 7 nitrogen and oxygen atoms in total. The molecule has 0 radical (unpaired) electrons. The van der Waals surface area contributed by atoms with E-state index in [1.54, 1.807) is 12.4 Å². The SMILES string of the molecule is C=C(NCCCN(C)C)c1cnc(-c2cccc(Cn3nc(-c4cc(C)c(F)c(F)c4)ccc3=O)c2)nc1. The van der Waals surface area contributed by atoms with Gasteiger partial charge in [-0.3, -0.25) is 4.79 Å². The molecular formula is C29H30F2N6O. The van der Waals surface area contributed by atoms with Crippen LogP contribution in [0.1, 0.15) is 23.1 Å². The van der Waals surface area contributed by atoms with Gasteiger partial charge in [-0.15, -0.1) is 0 Å². The van der Waals surface area contributed by atoms with Crippen molar-refractivity contribution in [3.63, 3.8) is 0 Å². The van der Waals surface area contributed by atoms with Crippen LogP contribution < -0.4 is 10.9 Å². The van der Waals surface area contributed by atoms with Crippen molar-refractivity contribution < 1.29 is 8.78 Å². The highest BCUT2D eigenvalue weighted by atomic mass is 19.2. The van der Waals surface area contributed by atoms with Crippen molar-refractivity contribution in [3.05, 3.63) is 106 Å². The van der Waals surface area contributed by atoms with Crippen LogP contribution in [0.15, 0.2) is 72.3 Å². The van der Waals surface area contributed by atoms with Gasteiger partial charge in [-0.05, 0) is 69.4 Å². The summed E-state index contributed by atoms with van der Waals surface area (Å²) >= 11 is 0. The van der Waals surface area contributed by atoms with Gasteiger partial charge in [0.05, 0.1) is 12.2 Å². The first kappa shape index (κ1) is 26.8. The number of hydrogen-bond donors (Lipinski definition) is 1. The average Bonchev–Trinajstić information content (AvgIpc) is 2.90. The summed E-state index contributed by atoms with van der Waals surface area (Å²) in [5.74, 6) is -1.31. The molecule has 4 rings (SSSR count). The summed E-state index contributed by atoms with van der Waals surface area (Å²) in [6.07, 6.45) is 4.46. The molecule has 0 fully saturated rings. The summed E-state index contributed by atoms with van der Waals surface area (Å²) in [5.41, 5.74) is 3.82. The number of benzene rings is 2. The lowest BCUT2D eigenvalue weighted by Crippen LogP contribution is -2.22. The molecular weight excluding hydrogens is 486 g/mol. The van der Waals surface area contributed by atoms with E-state index in [4.69, 9.17) is 0 Å². The lowest BCUT2D eigenvalue weighted by atomic mass is 10.1. The molecule has 4 aromatic rings. The number of halogens is 2. The molecule has 0 aliphatic rings. The molecule has 196 valence electrons. The monoisotopic (exact) mass is 516 g/mol. The van der Waals surface area contributed by atoms with Gasteiger partial charge in [0.1, 0.15) is 0 Å². The van der Waals surface area contributed by atoms with Crippen molar-refractivity contribution in [2.75, 3.05) is 27.2 Å². The third-order valence-electron chi connectivity index (χ3n) is 6.01. The minimum Gasteiger partial charge on any atom is -0.385 e. The molecule has 0 aliphatic carbocycles. The second-order valence-electron chi connectivity index (χ2n) is 9.36. The summed E-state index contributed by atoms with van der Waals surface area (Å²) < 4.78 is 28.9. The first-order chi connectivity index (χ1) is 18.2. The van der Waals surface area contributed by atoms with Crippen LogP contribution in [0.4, 0.5) is 8.78 Å². The quantitative estimate of drug-likeness (QED) is 0.313. The van der Waals surface area contributed by atoms with Gasteiger partial charge >= 0.3 is 0 Å². The van der Waals surface area contributed by atoms with Gasteiger partial charge in [0.2, 0.25) is 0 Å². The topological polar surface area (TPSA) is 75.9 Å². The number of rotatable bonds is 10. The summed E-state index contributed by atoms with van der Waals surface area (Å²) in [4.78, 5) is 23.6. The Morgan fingerprint density at radius 2 is 1.82 bits per heavy atom. The molecule has 0 unspecified atom stereocenters. The second kappa shape index (κ2) is 11.9. The smallest absolute Gasteiger partial charge is 0.267 e. The fraction of sp³-hybridized carbons (Fsp3) is 0.241. The van der Waals surface area contributed by atoms with Gasteiger partial charge in [-0.2, -0.15) is 5.10 Å². The van der Waals surface area contributed by atoms with E-state index in [1.165, 1.54) is 29.8 Å². The van der Waals surface area contributed by atoms with Crippen molar-refractivity contribution in [2.24, 2.45) is 0 Å². The van der Waals surface area contributed by atoms with Crippen LogP contribution in [0.25, 0.3) is 28.3 Å². The van der Waals surface area contributed by atoms with E-state index in [0.717, 1.165) is 48.0 Å². The van der Waals surface area contributed by atoms with E-state index >= 15 is 0 Å². The van der Waals surface area contributed by atoms with Crippen LogP contribution in [-0.2, 0) is 6.54 Å². The Hall–Kier alpha value is -4.24. The van der Waals surface area contributed by atoms with E-state index in [-0.39, 0.29) is 17.7 Å². The maximum Gasteiger partial charge on any atom is 0.267 e. The van der Waals surface area contributed by atoms with E-state index in [1.807, 2.05) is 38.4 Å². The maximum absolute atomic E-state index is 13.9. The van der Waals surface area contributed by atoms with Gasteiger partial charge in [-0.1, -0.05) is 24.8 Å². The summed E-state index contributed by atoms with van der Waals surface area (Å²) in [6.45, 7) is 7.54. The third kappa shape index (κ3) is 6.54. The lowest BCUT2D eigenvalue weighted by Gasteiger charge is -2.12. The highest BCUT2D eigenvalue weighted by Gasteiger charge is 2.12.